The Bertz CT molecular complexity index is 723. The minimum absolute atomic E-state index is 0.0192. The summed E-state index contributed by atoms with van der Waals surface area (Å²) >= 11 is 1.44. The summed E-state index contributed by atoms with van der Waals surface area (Å²) in [6, 6.07) is 1.93. The van der Waals surface area contributed by atoms with Gasteiger partial charge in [-0.3, -0.25) is 4.79 Å². The molecule has 23 heavy (non-hydrogen) atoms. The Morgan fingerprint density at radius 3 is 2.52 bits per heavy atom. The first-order valence-electron chi connectivity index (χ1n) is 7.61. The van der Waals surface area contributed by atoms with Crippen molar-refractivity contribution in [2.24, 2.45) is 0 Å². The summed E-state index contributed by atoms with van der Waals surface area (Å²) in [7, 11) is 0. The van der Waals surface area contributed by atoms with E-state index in [4.69, 9.17) is 4.74 Å². The molecule has 0 bridgehead atoms. The van der Waals surface area contributed by atoms with Crippen LogP contribution in [0, 0.1) is 27.7 Å². The molecular weight excluding hydrogens is 312 g/mol. The van der Waals surface area contributed by atoms with Gasteiger partial charge in [0.05, 0.1) is 23.9 Å². The number of thiazole rings is 1. The molecule has 1 aliphatic rings. The molecule has 6 nitrogen and oxygen atoms in total. The molecule has 0 aliphatic carbocycles. The quantitative estimate of drug-likeness (QED) is 0.844. The zero-order valence-corrected chi connectivity index (χ0v) is 14.6. The maximum Gasteiger partial charge on any atom is 0.266 e. The van der Waals surface area contributed by atoms with Gasteiger partial charge in [0.2, 0.25) is 0 Å². The van der Waals surface area contributed by atoms with E-state index in [0.717, 1.165) is 22.1 Å². The number of amides is 1. The Hall–Kier alpha value is -1.86. The van der Waals surface area contributed by atoms with Crippen LogP contribution < -0.4 is 0 Å². The van der Waals surface area contributed by atoms with E-state index >= 15 is 0 Å². The number of hydrogen-bond donors (Lipinski definition) is 0. The van der Waals surface area contributed by atoms with Gasteiger partial charge >= 0.3 is 0 Å². The van der Waals surface area contributed by atoms with E-state index in [-0.39, 0.29) is 12.0 Å². The number of aryl methyl sites for hydroxylation is 4. The molecule has 2 aromatic heterocycles. The monoisotopic (exact) mass is 332 g/mol. The molecule has 1 amide bonds. The van der Waals surface area contributed by atoms with Crippen LogP contribution in [0.2, 0.25) is 0 Å². The smallest absolute Gasteiger partial charge is 0.266 e. The Morgan fingerprint density at radius 2 is 1.91 bits per heavy atom. The van der Waals surface area contributed by atoms with E-state index in [9.17, 15) is 4.79 Å². The molecule has 1 fully saturated rings. The van der Waals surface area contributed by atoms with Crippen LogP contribution in [-0.4, -0.2) is 45.5 Å². The zero-order chi connectivity index (χ0) is 16.6. The van der Waals surface area contributed by atoms with Crippen LogP contribution in [-0.2, 0) is 4.74 Å². The number of morpholine rings is 1. The third-order valence-corrected chi connectivity index (χ3v) is 4.80. The first-order chi connectivity index (χ1) is 10.9. The van der Waals surface area contributed by atoms with Gasteiger partial charge in [0.15, 0.2) is 5.82 Å². The molecular formula is C16H20N4O2S. The van der Waals surface area contributed by atoms with Gasteiger partial charge in [0.1, 0.15) is 11.0 Å². The van der Waals surface area contributed by atoms with Gasteiger partial charge in [-0.2, -0.15) is 0 Å². The summed E-state index contributed by atoms with van der Waals surface area (Å²) in [5, 5.41) is 0.910. The van der Waals surface area contributed by atoms with Gasteiger partial charge in [-0.15, -0.1) is 11.3 Å². The summed E-state index contributed by atoms with van der Waals surface area (Å²) in [5.74, 6) is 0.669. The number of ether oxygens (including phenoxy) is 1. The number of rotatable bonds is 2. The van der Waals surface area contributed by atoms with Gasteiger partial charge < -0.3 is 9.64 Å². The number of carbonyl (C=O) groups is 1. The Kier molecular flexibility index (Phi) is 4.41. The molecule has 2 aromatic rings. The molecule has 0 saturated carbocycles. The molecule has 1 aliphatic heterocycles. The Labute approximate surface area is 139 Å². The summed E-state index contributed by atoms with van der Waals surface area (Å²) in [5.41, 5.74) is 2.62. The number of nitrogens with zero attached hydrogens (tertiary/aromatic N) is 4. The van der Waals surface area contributed by atoms with Crippen molar-refractivity contribution >= 4 is 17.2 Å². The third kappa shape index (κ3) is 3.40. The van der Waals surface area contributed by atoms with E-state index in [1.165, 1.54) is 11.3 Å². The second-order valence-corrected chi connectivity index (χ2v) is 6.97. The zero-order valence-electron chi connectivity index (χ0n) is 13.8. The highest BCUT2D eigenvalue weighted by atomic mass is 32.1. The molecule has 1 atom stereocenters. The highest BCUT2D eigenvalue weighted by Crippen LogP contribution is 2.24. The fraction of sp³-hybridized carbons (Fsp3) is 0.500. The largest absolute Gasteiger partial charge is 0.367 e. The van der Waals surface area contributed by atoms with E-state index < -0.39 is 0 Å². The average molecular weight is 332 g/mol. The van der Waals surface area contributed by atoms with Gasteiger partial charge in [-0.1, -0.05) is 0 Å². The van der Waals surface area contributed by atoms with E-state index in [1.54, 1.807) is 0 Å². The van der Waals surface area contributed by atoms with Crippen LogP contribution in [0.3, 0.4) is 0 Å². The minimum atomic E-state index is -0.277. The first-order valence-corrected chi connectivity index (χ1v) is 8.43. The van der Waals surface area contributed by atoms with E-state index in [0.29, 0.717) is 30.4 Å². The maximum atomic E-state index is 12.7. The lowest BCUT2D eigenvalue weighted by Crippen LogP contribution is -2.42. The number of carbonyl (C=O) groups excluding carboxylic acids is 1. The van der Waals surface area contributed by atoms with Gasteiger partial charge in [0, 0.05) is 17.9 Å². The SMILES string of the molecule is Cc1cc(C)nc([C@H]2CN(C(=O)c3sc(C)nc3C)CCO2)n1. The average Bonchev–Trinajstić information content (AvgIpc) is 2.84. The Balaban J connectivity index is 1.80. The molecule has 3 heterocycles. The molecule has 7 heteroatoms. The van der Waals surface area contributed by atoms with E-state index in [1.807, 2.05) is 38.7 Å². The molecule has 0 radical (unpaired) electrons. The van der Waals surface area contributed by atoms with E-state index in [2.05, 4.69) is 15.0 Å². The predicted octanol–water partition coefficient (Wildman–Crippen LogP) is 2.38. The fourth-order valence-corrected chi connectivity index (χ4v) is 3.65. The number of aromatic nitrogens is 3. The molecule has 0 N–H and O–H groups in total. The van der Waals surface area contributed by atoms with Crippen molar-refractivity contribution in [3.63, 3.8) is 0 Å². The Morgan fingerprint density at radius 1 is 1.22 bits per heavy atom. The normalized spacial score (nSPS) is 18.3. The lowest BCUT2D eigenvalue weighted by molar-refractivity contribution is -0.0268. The lowest BCUT2D eigenvalue weighted by Gasteiger charge is -2.32. The minimum Gasteiger partial charge on any atom is -0.367 e. The summed E-state index contributed by atoms with van der Waals surface area (Å²) < 4.78 is 5.79. The standard InChI is InChI=1S/C16H20N4O2S/c1-9-7-10(2)18-15(17-9)13-8-20(5-6-22-13)16(21)14-11(3)19-12(4)23-14/h7,13H,5-6,8H2,1-4H3/t13-/m1/s1. The fourth-order valence-electron chi connectivity index (χ4n) is 2.76. The molecule has 0 spiro atoms. The number of hydrogen-bond acceptors (Lipinski definition) is 6. The molecule has 3 rings (SSSR count). The van der Waals surface area contributed by atoms with Crippen molar-refractivity contribution < 1.29 is 9.53 Å². The predicted molar refractivity (Wildman–Crippen MR) is 87.7 cm³/mol. The van der Waals surface area contributed by atoms with Crippen LogP contribution in [0.15, 0.2) is 6.07 Å². The highest BCUT2D eigenvalue weighted by molar-refractivity contribution is 7.13. The van der Waals surface area contributed by atoms with Gasteiger partial charge in [-0.25, -0.2) is 15.0 Å². The highest BCUT2D eigenvalue weighted by Gasteiger charge is 2.29. The van der Waals surface area contributed by atoms with Gasteiger partial charge in [0.25, 0.3) is 5.91 Å². The third-order valence-electron chi connectivity index (χ3n) is 3.74. The van der Waals surface area contributed by atoms with Crippen molar-refractivity contribution in [3.05, 3.63) is 38.9 Å². The van der Waals surface area contributed by atoms with Crippen molar-refractivity contribution in [2.75, 3.05) is 19.7 Å². The summed E-state index contributed by atoms with van der Waals surface area (Å²) in [6.07, 6.45) is -0.277. The van der Waals surface area contributed by atoms with Crippen LogP contribution in [0.25, 0.3) is 0 Å². The summed E-state index contributed by atoms with van der Waals surface area (Å²) in [4.78, 5) is 28.5. The second kappa shape index (κ2) is 6.33. The van der Waals surface area contributed by atoms with Crippen molar-refractivity contribution in [1.29, 1.82) is 0 Å². The second-order valence-electron chi connectivity index (χ2n) is 5.77. The first kappa shape index (κ1) is 16.0. The van der Waals surface area contributed by atoms with Crippen LogP contribution in [0.5, 0.6) is 0 Å². The van der Waals surface area contributed by atoms with Crippen molar-refractivity contribution in [1.82, 2.24) is 19.9 Å². The molecule has 122 valence electrons. The van der Waals surface area contributed by atoms with Crippen molar-refractivity contribution in [2.45, 2.75) is 33.8 Å². The summed E-state index contributed by atoms with van der Waals surface area (Å²) in [6.45, 7) is 9.21. The molecule has 0 aromatic carbocycles. The topological polar surface area (TPSA) is 68.2 Å². The van der Waals surface area contributed by atoms with Crippen LogP contribution in [0.4, 0.5) is 0 Å². The molecule has 1 saturated heterocycles. The van der Waals surface area contributed by atoms with Crippen LogP contribution >= 0.6 is 11.3 Å². The van der Waals surface area contributed by atoms with Crippen LogP contribution in [0.1, 0.15) is 43.7 Å². The van der Waals surface area contributed by atoms with Crippen molar-refractivity contribution in [3.8, 4) is 0 Å². The maximum absolute atomic E-state index is 12.7. The lowest BCUT2D eigenvalue weighted by atomic mass is 10.2. The molecule has 0 unspecified atom stereocenters. The van der Waals surface area contributed by atoms with Gasteiger partial charge in [-0.05, 0) is 33.8 Å².